The summed E-state index contributed by atoms with van der Waals surface area (Å²) in [6, 6.07) is 16.0. The number of carbonyl (C=O) groups excluding carboxylic acids is 1. The second-order valence-corrected chi connectivity index (χ2v) is 8.06. The Morgan fingerprint density at radius 1 is 1.03 bits per heavy atom. The molecule has 9 heteroatoms. The van der Waals surface area contributed by atoms with Crippen LogP contribution in [0.15, 0.2) is 65.5 Å². The highest BCUT2D eigenvalue weighted by Crippen LogP contribution is 2.25. The zero-order chi connectivity index (χ0) is 25.7. The van der Waals surface area contributed by atoms with Crippen LogP contribution in [0.5, 0.6) is 11.5 Å². The van der Waals surface area contributed by atoms with Crippen LogP contribution in [0.25, 0.3) is 10.9 Å². The fourth-order valence-corrected chi connectivity index (χ4v) is 3.74. The summed E-state index contributed by atoms with van der Waals surface area (Å²) in [6.45, 7) is 0.0448. The van der Waals surface area contributed by atoms with Gasteiger partial charge in [0.15, 0.2) is 23.2 Å². The maximum atomic E-state index is 14.5. The summed E-state index contributed by atoms with van der Waals surface area (Å²) in [4.78, 5) is 43.2. The smallest absolute Gasteiger partial charge is 0.335 e. The summed E-state index contributed by atoms with van der Waals surface area (Å²) in [5.41, 5.74) is 1.32. The third-order valence-electron chi connectivity index (χ3n) is 5.66. The second kappa shape index (κ2) is 10.8. The standard InChI is InChI=1S/C27H23FN2O6/c1-35-19-4-2-3-17(15-19)7-12-22(31)25-29-21-11-10-20(28)24(23(21)26(32)30-25)36-14-13-16-5-8-18(9-6-16)27(33)34/h2-6,8-11,15H,7,12-14H2,1H3,(H,33,34)(H,29,30,32). The van der Waals surface area contributed by atoms with Gasteiger partial charge < -0.3 is 19.6 Å². The Kier molecular flexibility index (Phi) is 7.39. The molecule has 0 unspecified atom stereocenters. The minimum atomic E-state index is -1.03. The number of ether oxygens (including phenoxy) is 2. The van der Waals surface area contributed by atoms with Crippen LogP contribution in [0, 0.1) is 5.82 Å². The lowest BCUT2D eigenvalue weighted by Crippen LogP contribution is -2.18. The number of benzene rings is 3. The largest absolute Gasteiger partial charge is 0.497 e. The first-order valence-corrected chi connectivity index (χ1v) is 11.2. The van der Waals surface area contributed by atoms with Crippen LogP contribution in [-0.2, 0) is 12.8 Å². The molecule has 0 saturated heterocycles. The highest BCUT2D eigenvalue weighted by Gasteiger charge is 2.18. The van der Waals surface area contributed by atoms with Gasteiger partial charge in [-0.05, 0) is 53.9 Å². The normalized spacial score (nSPS) is 10.8. The van der Waals surface area contributed by atoms with E-state index in [-0.39, 0.29) is 46.9 Å². The first kappa shape index (κ1) is 24.6. The number of aromatic carboxylic acids is 1. The number of fused-ring (bicyclic) bond motifs is 1. The Morgan fingerprint density at radius 3 is 2.53 bits per heavy atom. The van der Waals surface area contributed by atoms with Crippen LogP contribution in [0.3, 0.4) is 0 Å². The molecule has 1 aromatic heterocycles. The number of rotatable bonds is 10. The van der Waals surface area contributed by atoms with Gasteiger partial charge in [0.05, 0.1) is 24.8 Å². The van der Waals surface area contributed by atoms with E-state index in [2.05, 4.69) is 9.97 Å². The van der Waals surface area contributed by atoms with E-state index in [1.165, 1.54) is 18.2 Å². The van der Waals surface area contributed by atoms with Gasteiger partial charge in [-0.2, -0.15) is 0 Å². The minimum Gasteiger partial charge on any atom is -0.497 e. The van der Waals surface area contributed by atoms with Crippen molar-refractivity contribution in [3.63, 3.8) is 0 Å². The molecule has 3 aromatic carbocycles. The van der Waals surface area contributed by atoms with E-state index in [4.69, 9.17) is 14.6 Å². The number of carboxylic acid groups (broad SMARTS) is 1. The first-order valence-electron chi connectivity index (χ1n) is 11.2. The molecule has 0 radical (unpaired) electrons. The molecule has 1 heterocycles. The SMILES string of the molecule is COc1cccc(CCC(=O)c2nc3ccc(F)c(OCCc4ccc(C(=O)O)cc4)c3c(=O)[nH]2)c1. The van der Waals surface area contributed by atoms with Crippen molar-refractivity contribution in [2.24, 2.45) is 0 Å². The molecule has 36 heavy (non-hydrogen) atoms. The number of aromatic nitrogens is 2. The van der Waals surface area contributed by atoms with E-state index in [0.29, 0.717) is 18.6 Å². The number of aromatic amines is 1. The van der Waals surface area contributed by atoms with Crippen molar-refractivity contribution in [2.75, 3.05) is 13.7 Å². The molecule has 0 atom stereocenters. The molecular formula is C27H23FN2O6. The molecule has 0 saturated carbocycles. The zero-order valence-corrected chi connectivity index (χ0v) is 19.4. The van der Waals surface area contributed by atoms with Crippen LogP contribution in [-0.4, -0.2) is 40.5 Å². The van der Waals surface area contributed by atoms with Gasteiger partial charge in [0.25, 0.3) is 5.56 Å². The maximum Gasteiger partial charge on any atom is 0.335 e. The van der Waals surface area contributed by atoms with Gasteiger partial charge in [-0.1, -0.05) is 24.3 Å². The van der Waals surface area contributed by atoms with Gasteiger partial charge in [0.1, 0.15) is 11.1 Å². The second-order valence-electron chi connectivity index (χ2n) is 8.06. The molecule has 4 aromatic rings. The maximum absolute atomic E-state index is 14.5. The molecule has 0 spiro atoms. The summed E-state index contributed by atoms with van der Waals surface area (Å²) < 4.78 is 25.3. The number of carbonyl (C=O) groups is 2. The number of nitrogens with zero attached hydrogens (tertiary/aromatic N) is 1. The highest BCUT2D eigenvalue weighted by atomic mass is 19.1. The molecule has 2 N–H and O–H groups in total. The number of hydrogen-bond acceptors (Lipinski definition) is 6. The van der Waals surface area contributed by atoms with Crippen molar-refractivity contribution in [1.82, 2.24) is 9.97 Å². The Hall–Kier alpha value is -4.53. The monoisotopic (exact) mass is 490 g/mol. The van der Waals surface area contributed by atoms with Gasteiger partial charge in [0.2, 0.25) is 0 Å². The van der Waals surface area contributed by atoms with Crippen molar-refractivity contribution >= 4 is 22.7 Å². The predicted octanol–water partition coefficient (Wildman–Crippen LogP) is 4.21. The fourth-order valence-electron chi connectivity index (χ4n) is 3.74. The lowest BCUT2D eigenvalue weighted by Gasteiger charge is -2.11. The Morgan fingerprint density at radius 2 is 1.81 bits per heavy atom. The van der Waals surface area contributed by atoms with Crippen LogP contribution in [0.4, 0.5) is 4.39 Å². The van der Waals surface area contributed by atoms with E-state index < -0.39 is 17.3 Å². The number of ketones is 1. The van der Waals surface area contributed by atoms with Crippen molar-refractivity contribution < 1.29 is 28.6 Å². The third kappa shape index (κ3) is 5.57. The Balaban J connectivity index is 1.49. The summed E-state index contributed by atoms with van der Waals surface area (Å²) in [7, 11) is 1.56. The summed E-state index contributed by atoms with van der Waals surface area (Å²) in [5, 5.41) is 8.90. The van der Waals surface area contributed by atoms with Crippen molar-refractivity contribution in [2.45, 2.75) is 19.3 Å². The number of hydrogen-bond donors (Lipinski definition) is 2. The van der Waals surface area contributed by atoms with Crippen LogP contribution in [0.1, 0.15) is 38.5 Å². The molecule has 4 rings (SSSR count). The van der Waals surface area contributed by atoms with E-state index >= 15 is 0 Å². The Bertz CT molecular complexity index is 1480. The number of nitrogens with one attached hydrogen (secondary N) is 1. The van der Waals surface area contributed by atoms with E-state index in [0.717, 1.165) is 17.2 Å². The molecule has 0 aliphatic heterocycles. The molecular weight excluding hydrogens is 467 g/mol. The number of halogens is 1. The van der Waals surface area contributed by atoms with Crippen molar-refractivity contribution in [3.05, 3.63) is 99.3 Å². The molecule has 8 nitrogen and oxygen atoms in total. The number of methoxy groups -OCH3 is 1. The highest BCUT2D eigenvalue weighted by molar-refractivity contribution is 5.95. The third-order valence-corrected chi connectivity index (χ3v) is 5.66. The summed E-state index contributed by atoms with van der Waals surface area (Å²) in [6.07, 6.45) is 0.914. The van der Waals surface area contributed by atoms with Gasteiger partial charge in [0, 0.05) is 12.8 Å². The molecule has 0 amide bonds. The lowest BCUT2D eigenvalue weighted by atomic mass is 10.1. The van der Waals surface area contributed by atoms with Gasteiger partial charge in [-0.15, -0.1) is 0 Å². The number of Topliss-reactive ketones (excluding diaryl/α,β-unsaturated/α-hetero) is 1. The van der Waals surface area contributed by atoms with Crippen molar-refractivity contribution in [3.8, 4) is 11.5 Å². The van der Waals surface area contributed by atoms with Crippen molar-refractivity contribution in [1.29, 1.82) is 0 Å². The summed E-state index contributed by atoms with van der Waals surface area (Å²) >= 11 is 0. The number of carboxylic acids is 1. The molecule has 184 valence electrons. The molecule has 0 bridgehead atoms. The number of H-pyrrole nitrogens is 1. The lowest BCUT2D eigenvalue weighted by molar-refractivity contribution is 0.0696. The average Bonchev–Trinajstić information content (AvgIpc) is 2.88. The zero-order valence-electron chi connectivity index (χ0n) is 19.4. The molecule has 0 aliphatic carbocycles. The van der Waals surface area contributed by atoms with Gasteiger partial charge >= 0.3 is 5.97 Å². The fraction of sp³-hybridized carbons (Fsp3) is 0.185. The quantitative estimate of drug-likeness (QED) is 0.320. The Labute approximate surface area is 205 Å². The number of aryl methyl sites for hydroxylation is 1. The molecule has 0 fully saturated rings. The van der Waals surface area contributed by atoms with Gasteiger partial charge in [-0.25, -0.2) is 14.2 Å². The van der Waals surface area contributed by atoms with Gasteiger partial charge in [-0.3, -0.25) is 9.59 Å². The van der Waals surface area contributed by atoms with Crippen LogP contribution < -0.4 is 15.0 Å². The topological polar surface area (TPSA) is 119 Å². The van der Waals surface area contributed by atoms with E-state index in [1.807, 2.05) is 24.3 Å². The van der Waals surface area contributed by atoms with Crippen LogP contribution >= 0.6 is 0 Å². The van der Waals surface area contributed by atoms with Crippen LogP contribution in [0.2, 0.25) is 0 Å². The van der Waals surface area contributed by atoms with E-state index in [9.17, 15) is 18.8 Å². The molecule has 0 aliphatic rings. The minimum absolute atomic E-state index is 0.0448. The summed E-state index contributed by atoms with van der Waals surface area (Å²) in [5.74, 6) is -1.78. The first-order chi connectivity index (χ1) is 17.4. The van der Waals surface area contributed by atoms with E-state index in [1.54, 1.807) is 19.2 Å². The average molecular weight is 490 g/mol. The predicted molar refractivity (Wildman–Crippen MR) is 131 cm³/mol.